The van der Waals surface area contributed by atoms with Gasteiger partial charge in [-0.1, -0.05) is 45.4 Å². The Labute approximate surface area is 120 Å². The minimum absolute atomic E-state index is 0.488. The van der Waals surface area contributed by atoms with Crippen LogP contribution in [0.25, 0.3) is 0 Å². The summed E-state index contributed by atoms with van der Waals surface area (Å²) in [6.07, 6.45) is 0. The molecule has 0 spiro atoms. The van der Waals surface area contributed by atoms with Crippen LogP contribution in [0.15, 0.2) is 27.7 Å². The zero-order chi connectivity index (χ0) is 12.8. The molecule has 1 rings (SSSR count). The second-order valence-corrected chi connectivity index (χ2v) is 5.83. The van der Waals surface area contributed by atoms with Gasteiger partial charge in [0, 0.05) is 21.1 Å². The van der Waals surface area contributed by atoms with Crippen molar-refractivity contribution in [3.63, 3.8) is 0 Å². The zero-order valence-corrected chi connectivity index (χ0v) is 13.3. The van der Waals surface area contributed by atoms with Gasteiger partial charge in [-0.25, -0.2) is 0 Å². The molecule has 0 aliphatic heterocycles. The Morgan fingerprint density at radius 2 is 2.18 bits per heavy atom. The predicted octanol–water partition coefficient (Wildman–Crippen LogP) is 4.15. The number of hydrogen-bond donors (Lipinski definition) is 1. The van der Waals surface area contributed by atoms with Crippen LogP contribution in [0.1, 0.15) is 18.1 Å². The van der Waals surface area contributed by atoms with Gasteiger partial charge in [-0.05, 0) is 31.2 Å². The second kappa shape index (κ2) is 7.19. The molecule has 94 valence electrons. The van der Waals surface area contributed by atoms with E-state index in [1.807, 2.05) is 6.92 Å². The molecule has 0 unspecified atom stereocenters. The van der Waals surface area contributed by atoms with Crippen LogP contribution in [0, 0.1) is 6.92 Å². The first kappa shape index (κ1) is 14.7. The average Bonchev–Trinajstić information content (AvgIpc) is 2.24. The quantitative estimate of drug-likeness (QED) is 0.820. The fraction of sp³-hybridized carbons (Fsp3) is 0.385. The third-order valence-corrected chi connectivity index (χ3v) is 2.94. The van der Waals surface area contributed by atoms with E-state index in [1.54, 1.807) is 0 Å². The maximum absolute atomic E-state index is 5.77. The molecule has 4 heteroatoms. The molecule has 0 amide bonds. The van der Waals surface area contributed by atoms with Gasteiger partial charge >= 0.3 is 0 Å². The van der Waals surface area contributed by atoms with Gasteiger partial charge in [0.2, 0.25) is 0 Å². The van der Waals surface area contributed by atoms with Crippen molar-refractivity contribution in [1.29, 1.82) is 0 Å². The summed E-state index contributed by atoms with van der Waals surface area (Å²) < 4.78 is 7.69. The van der Waals surface area contributed by atoms with Crippen LogP contribution in [0.2, 0.25) is 0 Å². The number of nitrogens with one attached hydrogen (secondary N) is 1. The Balaban J connectivity index is 2.93. The van der Waals surface area contributed by atoms with Crippen LogP contribution in [0.4, 0.5) is 0 Å². The van der Waals surface area contributed by atoms with Gasteiger partial charge in [0.25, 0.3) is 0 Å². The maximum Gasteiger partial charge on any atom is 0.127 e. The third-order valence-electron chi connectivity index (χ3n) is 2.25. The Bertz CT molecular complexity index is 405. The molecule has 0 bridgehead atoms. The van der Waals surface area contributed by atoms with Crippen molar-refractivity contribution in [2.45, 2.75) is 20.4 Å². The molecule has 1 aromatic carbocycles. The van der Waals surface area contributed by atoms with E-state index in [4.69, 9.17) is 4.74 Å². The number of benzene rings is 1. The molecular weight excluding hydrogens is 346 g/mol. The van der Waals surface area contributed by atoms with Gasteiger partial charge in [0.05, 0.1) is 0 Å². The van der Waals surface area contributed by atoms with Crippen molar-refractivity contribution in [3.8, 4) is 5.75 Å². The highest BCUT2D eigenvalue weighted by Gasteiger charge is 2.09. The Kier molecular flexibility index (Phi) is 6.23. The smallest absolute Gasteiger partial charge is 0.127 e. The van der Waals surface area contributed by atoms with Crippen LogP contribution in [-0.2, 0) is 6.54 Å². The molecule has 0 atom stereocenters. The lowest BCUT2D eigenvalue weighted by atomic mass is 10.1. The van der Waals surface area contributed by atoms with Crippen molar-refractivity contribution < 1.29 is 4.74 Å². The summed E-state index contributed by atoms with van der Waals surface area (Å²) in [5.74, 6) is 0.940. The van der Waals surface area contributed by atoms with Crippen molar-refractivity contribution in [2.75, 3.05) is 13.2 Å². The topological polar surface area (TPSA) is 21.3 Å². The van der Waals surface area contributed by atoms with Gasteiger partial charge in [0.1, 0.15) is 12.4 Å². The normalized spacial score (nSPS) is 10.4. The SMILES string of the molecule is C=C(Br)COc1c(C)cc(Br)cc1CNCC. The molecule has 17 heavy (non-hydrogen) atoms. The minimum atomic E-state index is 0.488. The van der Waals surface area contributed by atoms with E-state index in [0.717, 1.165) is 38.9 Å². The molecule has 2 nitrogen and oxygen atoms in total. The number of aryl methyl sites for hydroxylation is 1. The second-order valence-electron chi connectivity index (χ2n) is 3.80. The lowest BCUT2D eigenvalue weighted by Crippen LogP contribution is -2.13. The van der Waals surface area contributed by atoms with Crippen molar-refractivity contribution in [2.24, 2.45) is 0 Å². The monoisotopic (exact) mass is 361 g/mol. The average molecular weight is 363 g/mol. The molecule has 0 aromatic heterocycles. The van der Waals surface area contributed by atoms with Crippen LogP contribution in [-0.4, -0.2) is 13.2 Å². The van der Waals surface area contributed by atoms with Gasteiger partial charge in [-0.2, -0.15) is 0 Å². The first-order chi connectivity index (χ1) is 8.04. The maximum atomic E-state index is 5.77. The Hall–Kier alpha value is -0.320. The van der Waals surface area contributed by atoms with Crippen LogP contribution in [0.3, 0.4) is 0 Å². The summed E-state index contributed by atoms with van der Waals surface area (Å²) in [6, 6.07) is 4.14. The van der Waals surface area contributed by atoms with Crippen molar-refractivity contribution >= 4 is 31.9 Å². The van der Waals surface area contributed by atoms with E-state index < -0.39 is 0 Å². The third kappa shape index (κ3) is 4.82. The first-order valence-corrected chi connectivity index (χ1v) is 7.09. The number of halogens is 2. The van der Waals surface area contributed by atoms with E-state index >= 15 is 0 Å². The number of hydrogen-bond acceptors (Lipinski definition) is 2. The lowest BCUT2D eigenvalue weighted by molar-refractivity contribution is 0.353. The highest BCUT2D eigenvalue weighted by Crippen LogP contribution is 2.28. The summed E-state index contributed by atoms with van der Waals surface area (Å²) in [7, 11) is 0. The standard InChI is InChI=1S/C13H17Br2NO/c1-4-16-7-11-6-12(15)5-9(2)13(11)17-8-10(3)14/h5-6,16H,3-4,7-8H2,1-2H3. The lowest BCUT2D eigenvalue weighted by Gasteiger charge is -2.15. The molecule has 1 aromatic rings. The fourth-order valence-electron chi connectivity index (χ4n) is 1.55. The Morgan fingerprint density at radius 1 is 1.47 bits per heavy atom. The highest BCUT2D eigenvalue weighted by atomic mass is 79.9. The molecule has 0 saturated carbocycles. The van der Waals surface area contributed by atoms with E-state index in [1.165, 1.54) is 0 Å². The molecule has 0 fully saturated rings. The molecule has 0 aliphatic rings. The number of rotatable bonds is 6. The molecule has 0 saturated heterocycles. The fourth-order valence-corrected chi connectivity index (χ4v) is 2.28. The zero-order valence-electron chi connectivity index (χ0n) is 10.1. The van der Waals surface area contributed by atoms with E-state index in [2.05, 4.69) is 62.8 Å². The van der Waals surface area contributed by atoms with Gasteiger partial charge in [0.15, 0.2) is 0 Å². The van der Waals surface area contributed by atoms with Gasteiger partial charge in [-0.3, -0.25) is 0 Å². The summed E-state index contributed by atoms with van der Waals surface area (Å²) in [4.78, 5) is 0. The largest absolute Gasteiger partial charge is 0.488 e. The summed E-state index contributed by atoms with van der Waals surface area (Å²) in [6.45, 7) is 10.1. The van der Waals surface area contributed by atoms with E-state index in [9.17, 15) is 0 Å². The predicted molar refractivity (Wildman–Crippen MR) is 79.8 cm³/mol. The summed E-state index contributed by atoms with van der Waals surface area (Å²) in [5, 5.41) is 3.31. The van der Waals surface area contributed by atoms with Crippen LogP contribution in [0.5, 0.6) is 5.75 Å². The molecule has 0 heterocycles. The molecular formula is C13H17Br2NO. The molecule has 0 aliphatic carbocycles. The minimum Gasteiger partial charge on any atom is -0.488 e. The van der Waals surface area contributed by atoms with Gasteiger partial charge < -0.3 is 10.1 Å². The van der Waals surface area contributed by atoms with Crippen molar-refractivity contribution in [1.82, 2.24) is 5.32 Å². The van der Waals surface area contributed by atoms with E-state index in [0.29, 0.717) is 6.61 Å². The van der Waals surface area contributed by atoms with Crippen LogP contribution < -0.4 is 10.1 Å². The molecule has 0 radical (unpaired) electrons. The number of ether oxygens (including phenoxy) is 1. The van der Waals surface area contributed by atoms with Crippen molar-refractivity contribution in [3.05, 3.63) is 38.8 Å². The van der Waals surface area contributed by atoms with Gasteiger partial charge in [-0.15, -0.1) is 0 Å². The van der Waals surface area contributed by atoms with Crippen LogP contribution >= 0.6 is 31.9 Å². The summed E-state index contributed by atoms with van der Waals surface area (Å²) in [5.41, 5.74) is 2.29. The molecule has 1 N–H and O–H groups in total. The summed E-state index contributed by atoms with van der Waals surface area (Å²) >= 11 is 6.81. The first-order valence-electron chi connectivity index (χ1n) is 5.50. The Morgan fingerprint density at radius 3 is 2.76 bits per heavy atom. The van der Waals surface area contributed by atoms with E-state index in [-0.39, 0.29) is 0 Å². The highest BCUT2D eigenvalue weighted by molar-refractivity contribution is 9.11.